The number of nitrogens with two attached hydrogens (primary N) is 1. The summed E-state index contributed by atoms with van der Waals surface area (Å²) in [7, 11) is 0. The minimum atomic E-state index is -0.0474. The molecule has 1 aliphatic rings. The van der Waals surface area contributed by atoms with Crippen molar-refractivity contribution in [1.29, 1.82) is 0 Å². The lowest BCUT2D eigenvalue weighted by Crippen LogP contribution is -2.24. The minimum absolute atomic E-state index is 0.0320. The third-order valence-corrected chi connectivity index (χ3v) is 3.25. The first-order chi connectivity index (χ1) is 9.63. The predicted molar refractivity (Wildman–Crippen MR) is 77.8 cm³/mol. The Kier molecular flexibility index (Phi) is 2.98. The topological polar surface area (TPSA) is 92.9 Å². The monoisotopic (exact) mass is 269 g/mol. The van der Waals surface area contributed by atoms with E-state index in [0.717, 1.165) is 11.3 Å². The number of rotatable bonds is 2. The number of para-hydroxylation sites is 1. The van der Waals surface area contributed by atoms with Crippen LogP contribution in [-0.4, -0.2) is 15.9 Å². The van der Waals surface area contributed by atoms with Crippen LogP contribution in [0.15, 0.2) is 30.3 Å². The van der Waals surface area contributed by atoms with Gasteiger partial charge in [0, 0.05) is 17.7 Å². The molecule has 1 aliphatic heterocycles. The van der Waals surface area contributed by atoms with Crippen molar-refractivity contribution in [3.8, 4) is 0 Å². The molecule has 0 saturated heterocycles. The van der Waals surface area contributed by atoms with Crippen LogP contribution < -0.4 is 16.4 Å². The van der Waals surface area contributed by atoms with E-state index < -0.39 is 0 Å². The zero-order valence-corrected chi connectivity index (χ0v) is 11.1. The van der Waals surface area contributed by atoms with Gasteiger partial charge in [0.15, 0.2) is 0 Å². The first-order valence-electron chi connectivity index (χ1n) is 6.43. The van der Waals surface area contributed by atoms with E-state index in [1.807, 2.05) is 37.3 Å². The molecule has 6 heteroatoms. The number of fused-ring (bicyclic) bond motifs is 1. The van der Waals surface area contributed by atoms with Gasteiger partial charge in [0.25, 0.3) is 0 Å². The highest BCUT2D eigenvalue weighted by atomic mass is 16.1. The lowest BCUT2D eigenvalue weighted by Gasteiger charge is -2.23. The first kappa shape index (κ1) is 12.4. The highest BCUT2D eigenvalue weighted by molar-refractivity contribution is 5.94. The lowest BCUT2D eigenvalue weighted by atomic mass is 9.95. The molecule has 102 valence electrons. The van der Waals surface area contributed by atoms with Crippen molar-refractivity contribution in [2.75, 3.05) is 16.4 Å². The number of nitrogens with zero attached hydrogens (tertiary/aromatic N) is 2. The SMILES string of the molecule is CC1CC(=O)Nc2nc(Nc3ccccc3)nc(N)c21. The van der Waals surface area contributed by atoms with Crippen LogP contribution in [0, 0.1) is 0 Å². The zero-order chi connectivity index (χ0) is 14.1. The van der Waals surface area contributed by atoms with E-state index in [9.17, 15) is 4.79 Å². The van der Waals surface area contributed by atoms with Crippen molar-refractivity contribution in [3.05, 3.63) is 35.9 Å². The maximum absolute atomic E-state index is 11.6. The van der Waals surface area contributed by atoms with Crippen molar-refractivity contribution in [2.45, 2.75) is 19.3 Å². The van der Waals surface area contributed by atoms with E-state index in [4.69, 9.17) is 5.73 Å². The Morgan fingerprint density at radius 3 is 2.80 bits per heavy atom. The third kappa shape index (κ3) is 2.27. The molecule has 1 unspecified atom stereocenters. The molecule has 2 aromatic rings. The molecule has 1 atom stereocenters. The molecule has 1 aromatic carbocycles. The van der Waals surface area contributed by atoms with Gasteiger partial charge in [0.2, 0.25) is 11.9 Å². The molecule has 20 heavy (non-hydrogen) atoms. The molecule has 0 aliphatic carbocycles. The molecule has 0 spiro atoms. The molecule has 0 fully saturated rings. The van der Waals surface area contributed by atoms with Crippen molar-refractivity contribution in [2.24, 2.45) is 0 Å². The number of benzene rings is 1. The maximum Gasteiger partial charge on any atom is 0.231 e. The average Bonchev–Trinajstić information content (AvgIpc) is 2.38. The number of aromatic nitrogens is 2. The standard InChI is InChI=1S/C14H15N5O/c1-8-7-10(20)17-13-11(8)12(15)18-14(19-13)16-9-5-3-2-4-6-9/h2-6,8H,7H2,1H3,(H4,15,16,17,18,19,20). The molecule has 0 saturated carbocycles. The number of nitrogens with one attached hydrogen (secondary N) is 2. The van der Waals surface area contributed by atoms with E-state index in [-0.39, 0.29) is 11.8 Å². The molecule has 1 amide bonds. The smallest absolute Gasteiger partial charge is 0.231 e. The molecule has 4 N–H and O–H groups in total. The number of carbonyl (C=O) groups excluding carboxylic acids is 1. The summed E-state index contributed by atoms with van der Waals surface area (Å²) in [6.45, 7) is 1.95. The minimum Gasteiger partial charge on any atom is -0.383 e. The molecular formula is C14H15N5O. The number of hydrogen-bond donors (Lipinski definition) is 3. The van der Waals surface area contributed by atoms with Crippen LogP contribution in [0.2, 0.25) is 0 Å². The van der Waals surface area contributed by atoms with Gasteiger partial charge in [-0.1, -0.05) is 25.1 Å². The van der Waals surface area contributed by atoms with Gasteiger partial charge in [-0.05, 0) is 18.1 Å². The second-order valence-electron chi connectivity index (χ2n) is 4.84. The molecule has 2 heterocycles. The number of amides is 1. The highest BCUT2D eigenvalue weighted by Gasteiger charge is 2.26. The van der Waals surface area contributed by atoms with Crippen LogP contribution in [0.25, 0.3) is 0 Å². The second-order valence-corrected chi connectivity index (χ2v) is 4.84. The summed E-state index contributed by atoms with van der Waals surface area (Å²) in [5.74, 6) is 1.26. The number of hydrogen-bond acceptors (Lipinski definition) is 5. The molecule has 6 nitrogen and oxygen atoms in total. The number of carbonyl (C=O) groups is 1. The Morgan fingerprint density at radius 2 is 2.05 bits per heavy atom. The molecule has 1 aromatic heterocycles. The van der Waals surface area contributed by atoms with E-state index in [2.05, 4.69) is 20.6 Å². The Hall–Kier alpha value is -2.63. The Bertz CT molecular complexity index is 656. The van der Waals surface area contributed by atoms with Crippen LogP contribution in [0.1, 0.15) is 24.8 Å². The quantitative estimate of drug-likeness (QED) is 0.777. The normalized spacial score (nSPS) is 17.2. The van der Waals surface area contributed by atoms with Crippen molar-refractivity contribution in [3.63, 3.8) is 0 Å². The average molecular weight is 269 g/mol. The van der Waals surface area contributed by atoms with Gasteiger partial charge >= 0.3 is 0 Å². The predicted octanol–water partition coefficient (Wildman–Crippen LogP) is 2.25. The summed E-state index contributed by atoms with van der Waals surface area (Å²) >= 11 is 0. The first-order valence-corrected chi connectivity index (χ1v) is 6.43. The molecule has 0 radical (unpaired) electrons. The van der Waals surface area contributed by atoms with Crippen LogP contribution in [-0.2, 0) is 4.79 Å². The molecule has 0 bridgehead atoms. The van der Waals surface area contributed by atoms with Gasteiger partial charge in [-0.3, -0.25) is 4.79 Å². The van der Waals surface area contributed by atoms with Crippen LogP contribution in [0.4, 0.5) is 23.3 Å². The van der Waals surface area contributed by atoms with Gasteiger partial charge in [-0.25, -0.2) is 0 Å². The van der Waals surface area contributed by atoms with E-state index in [1.165, 1.54) is 0 Å². The fourth-order valence-electron chi connectivity index (χ4n) is 2.34. The molecular weight excluding hydrogens is 254 g/mol. The number of nitrogen functional groups attached to an aromatic ring is 1. The van der Waals surface area contributed by atoms with Gasteiger partial charge in [-0.2, -0.15) is 9.97 Å². The lowest BCUT2D eigenvalue weighted by molar-refractivity contribution is -0.116. The van der Waals surface area contributed by atoms with E-state index in [0.29, 0.717) is 24.0 Å². The van der Waals surface area contributed by atoms with Gasteiger partial charge in [0.05, 0.1) is 0 Å². The fraction of sp³-hybridized carbons (Fsp3) is 0.214. The van der Waals surface area contributed by atoms with Crippen molar-refractivity contribution >= 4 is 29.2 Å². The van der Waals surface area contributed by atoms with Crippen LogP contribution >= 0.6 is 0 Å². The van der Waals surface area contributed by atoms with Gasteiger partial charge in [0.1, 0.15) is 11.6 Å². The largest absolute Gasteiger partial charge is 0.383 e. The van der Waals surface area contributed by atoms with Gasteiger partial charge in [-0.15, -0.1) is 0 Å². The summed E-state index contributed by atoms with van der Waals surface area (Å²) < 4.78 is 0. The fourth-order valence-corrected chi connectivity index (χ4v) is 2.34. The van der Waals surface area contributed by atoms with Gasteiger partial charge < -0.3 is 16.4 Å². The highest BCUT2D eigenvalue weighted by Crippen LogP contribution is 2.34. The Balaban J connectivity index is 1.97. The summed E-state index contributed by atoms with van der Waals surface area (Å²) in [6, 6.07) is 9.55. The number of anilines is 4. The molecule has 3 rings (SSSR count). The van der Waals surface area contributed by atoms with E-state index >= 15 is 0 Å². The second kappa shape index (κ2) is 4.80. The van der Waals surface area contributed by atoms with Crippen LogP contribution in [0.3, 0.4) is 0 Å². The maximum atomic E-state index is 11.6. The third-order valence-electron chi connectivity index (χ3n) is 3.25. The zero-order valence-electron chi connectivity index (χ0n) is 11.1. The summed E-state index contributed by atoms with van der Waals surface area (Å²) in [5.41, 5.74) is 7.66. The summed E-state index contributed by atoms with van der Waals surface area (Å²) in [4.78, 5) is 20.2. The van der Waals surface area contributed by atoms with Crippen molar-refractivity contribution in [1.82, 2.24) is 9.97 Å². The summed E-state index contributed by atoms with van der Waals surface area (Å²) in [6.07, 6.45) is 0.409. The van der Waals surface area contributed by atoms with Crippen molar-refractivity contribution < 1.29 is 4.79 Å². The Labute approximate surface area is 116 Å². The summed E-state index contributed by atoms with van der Waals surface area (Å²) in [5, 5.41) is 5.82. The Morgan fingerprint density at radius 1 is 1.30 bits per heavy atom. The van der Waals surface area contributed by atoms with Crippen LogP contribution in [0.5, 0.6) is 0 Å². The van der Waals surface area contributed by atoms with E-state index in [1.54, 1.807) is 0 Å².